The molecule has 1 unspecified atom stereocenters. The maximum atomic E-state index is 12.9. The van der Waals surface area contributed by atoms with Gasteiger partial charge < -0.3 is 10.1 Å². The Labute approximate surface area is 217 Å². The van der Waals surface area contributed by atoms with Crippen LogP contribution in [0.2, 0.25) is 0 Å². The maximum absolute atomic E-state index is 12.9. The summed E-state index contributed by atoms with van der Waals surface area (Å²) in [6.45, 7) is 6.75. The number of nitrogens with one attached hydrogen (secondary N) is 1. The second-order valence-electron chi connectivity index (χ2n) is 9.64. The molecule has 4 rings (SSSR count). The minimum atomic E-state index is -3.16. The van der Waals surface area contributed by atoms with Crippen molar-refractivity contribution in [2.75, 3.05) is 18.1 Å². The standard InChI is InChI=1S/C28H30N4O4S/c1-19(2)17-36-25-9-10-26(20(3)13-25)27-22(16-32(31-27)24-7-5-4-6-8-24)14-21(15-29)28(33)30-23-11-12-37(34,35)18-23/h4-10,13-14,16,19,23H,11-12,17-18H2,1-3H3,(H,30,33)/b21-14+. The minimum Gasteiger partial charge on any atom is -0.493 e. The highest BCUT2D eigenvalue weighted by atomic mass is 32.2. The molecule has 0 saturated carbocycles. The number of nitrogens with zero attached hydrogens (tertiary/aromatic N) is 3. The van der Waals surface area contributed by atoms with Gasteiger partial charge in [-0.2, -0.15) is 10.4 Å². The van der Waals surface area contributed by atoms with Gasteiger partial charge in [-0.1, -0.05) is 32.0 Å². The molecule has 0 aliphatic carbocycles. The molecule has 1 fully saturated rings. The summed E-state index contributed by atoms with van der Waals surface area (Å²) in [7, 11) is -3.16. The molecule has 3 aromatic rings. The van der Waals surface area contributed by atoms with Crippen LogP contribution < -0.4 is 10.1 Å². The molecule has 1 saturated heterocycles. The Morgan fingerprint density at radius 1 is 1.27 bits per heavy atom. The van der Waals surface area contributed by atoms with Crippen LogP contribution in [0, 0.1) is 24.2 Å². The number of aryl methyl sites for hydroxylation is 1. The summed E-state index contributed by atoms with van der Waals surface area (Å²) in [5.74, 6) is 0.487. The average molecular weight is 519 g/mol. The molecule has 2 heterocycles. The summed E-state index contributed by atoms with van der Waals surface area (Å²) in [5, 5.41) is 17.3. The summed E-state index contributed by atoms with van der Waals surface area (Å²) in [4.78, 5) is 12.9. The largest absolute Gasteiger partial charge is 0.493 e. The molecule has 1 N–H and O–H groups in total. The number of ether oxygens (including phenoxy) is 1. The van der Waals surface area contributed by atoms with Crippen molar-refractivity contribution in [1.82, 2.24) is 15.1 Å². The van der Waals surface area contributed by atoms with Gasteiger partial charge >= 0.3 is 0 Å². The summed E-state index contributed by atoms with van der Waals surface area (Å²) in [6.07, 6.45) is 3.62. The third-order valence-corrected chi connectivity index (χ3v) is 7.80. The molecule has 8 nitrogen and oxygen atoms in total. The monoisotopic (exact) mass is 518 g/mol. The van der Waals surface area contributed by atoms with Gasteiger partial charge in [-0.15, -0.1) is 0 Å². The number of carbonyl (C=O) groups excluding carboxylic acids is 1. The minimum absolute atomic E-state index is 0.0354. The molecule has 9 heteroatoms. The van der Waals surface area contributed by atoms with E-state index in [2.05, 4.69) is 19.2 Å². The first-order valence-corrected chi connectivity index (χ1v) is 14.0. The molecule has 1 atom stereocenters. The van der Waals surface area contributed by atoms with Gasteiger partial charge in [-0.25, -0.2) is 13.1 Å². The third kappa shape index (κ3) is 6.46. The van der Waals surface area contributed by atoms with Gasteiger partial charge in [-0.3, -0.25) is 4.79 Å². The van der Waals surface area contributed by atoms with E-state index in [1.807, 2.05) is 61.5 Å². The molecule has 1 aromatic heterocycles. The molecule has 37 heavy (non-hydrogen) atoms. The van der Waals surface area contributed by atoms with Gasteiger partial charge in [0, 0.05) is 23.4 Å². The number of para-hydroxylation sites is 1. The number of carbonyl (C=O) groups is 1. The van der Waals surface area contributed by atoms with Gasteiger partial charge in [0.2, 0.25) is 0 Å². The Balaban J connectivity index is 1.71. The SMILES string of the molecule is Cc1cc(OCC(C)C)ccc1-c1nn(-c2ccccc2)cc1/C=C(\C#N)C(=O)NC1CCS(=O)(=O)C1. The van der Waals surface area contributed by atoms with E-state index in [0.29, 0.717) is 30.2 Å². The highest BCUT2D eigenvalue weighted by molar-refractivity contribution is 7.91. The molecule has 1 aliphatic heterocycles. The Morgan fingerprint density at radius 3 is 2.65 bits per heavy atom. The van der Waals surface area contributed by atoms with E-state index in [1.54, 1.807) is 10.9 Å². The van der Waals surface area contributed by atoms with Crippen molar-refractivity contribution < 1.29 is 17.9 Å². The van der Waals surface area contributed by atoms with E-state index >= 15 is 0 Å². The Hall–Kier alpha value is -3.90. The molecule has 1 aliphatic rings. The van der Waals surface area contributed by atoms with Crippen LogP contribution >= 0.6 is 0 Å². The molecule has 1 amide bonds. The van der Waals surface area contributed by atoms with Crippen LogP contribution in [0.3, 0.4) is 0 Å². The lowest BCUT2D eigenvalue weighted by Crippen LogP contribution is -2.36. The van der Waals surface area contributed by atoms with Crippen LogP contribution in [0.15, 0.2) is 60.3 Å². The van der Waals surface area contributed by atoms with Crippen molar-refractivity contribution in [2.45, 2.75) is 33.2 Å². The first-order valence-electron chi connectivity index (χ1n) is 12.2. The fourth-order valence-electron chi connectivity index (χ4n) is 4.15. The van der Waals surface area contributed by atoms with E-state index in [-0.39, 0.29) is 17.1 Å². The number of benzene rings is 2. The van der Waals surface area contributed by atoms with Crippen LogP contribution in [-0.4, -0.2) is 48.3 Å². The summed E-state index contributed by atoms with van der Waals surface area (Å²) >= 11 is 0. The van der Waals surface area contributed by atoms with Gasteiger partial charge in [0.25, 0.3) is 5.91 Å². The zero-order valence-corrected chi connectivity index (χ0v) is 22.0. The molecule has 192 valence electrons. The zero-order chi connectivity index (χ0) is 26.6. The fourth-order valence-corrected chi connectivity index (χ4v) is 5.82. The number of amides is 1. The number of nitriles is 1. The first kappa shape index (κ1) is 26.2. The molecular formula is C28H30N4O4S. The quantitative estimate of drug-likeness (QED) is 0.355. The van der Waals surface area contributed by atoms with Gasteiger partial charge in [0.15, 0.2) is 9.84 Å². The van der Waals surface area contributed by atoms with Gasteiger partial charge in [-0.05, 0) is 61.2 Å². The number of sulfone groups is 1. The maximum Gasteiger partial charge on any atom is 0.262 e. The smallest absolute Gasteiger partial charge is 0.262 e. The van der Waals surface area contributed by atoms with Crippen molar-refractivity contribution >= 4 is 21.8 Å². The topological polar surface area (TPSA) is 114 Å². The van der Waals surface area contributed by atoms with Crippen molar-refractivity contribution in [2.24, 2.45) is 5.92 Å². The lowest BCUT2D eigenvalue weighted by atomic mass is 10.0. The molecule has 0 radical (unpaired) electrons. The van der Waals surface area contributed by atoms with E-state index in [1.165, 1.54) is 6.08 Å². The van der Waals surface area contributed by atoms with Crippen LogP contribution in [0.25, 0.3) is 23.0 Å². The van der Waals surface area contributed by atoms with Crippen LogP contribution in [0.1, 0.15) is 31.4 Å². The highest BCUT2D eigenvalue weighted by Crippen LogP contribution is 2.31. The van der Waals surface area contributed by atoms with Crippen molar-refractivity contribution in [3.63, 3.8) is 0 Å². The first-order chi connectivity index (χ1) is 17.6. The van der Waals surface area contributed by atoms with E-state index in [0.717, 1.165) is 22.6 Å². The zero-order valence-electron chi connectivity index (χ0n) is 21.1. The number of rotatable bonds is 8. The normalized spacial score (nSPS) is 16.9. The predicted molar refractivity (Wildman–Crippen MR) is 143 cm³/mol. The summed E-state index contributed by atoms with van der Waals surface area (Å²) in [5.41, 5.74) is 3.70. The third-order valence-electron chi connectivity index (χ3n) is 6.03. The fraction of sp³-hybridized carbons (Fsp3) is 0.321. The van der Waals surface area contributed by atoms with Gasteiger partial charge in [0.05, 0.1) is 23.8 Å². The number of aromatic nitrogens is 2. The number of hydrogen-bond acceptors (Lipinski definition) is 6. The van der Waals surface area contributed by atoms with Crippen LogP contribution in [0.4, 0.5) is 0 Å². The second-order valence-corrected chi connectivity index (χ2v) is 11.9. The predicted octanol–water partition coefficient (Wildman–Crippen LogP) is 4.09. The van der Waals surface area contributed by atoms with E-state index < -0.39 is 21.8 Å². The van der Waals surface area contributed by atoms with Crippen molar-refractivity contribution in [1.29, 1.82) is 5.26 Å². The average Bonchev–Trinajstić information content (AvgIpc) is 3.44. The summed E-state index contributed by atoms with van der Waals surface area (Å²) in [6, 6.07) is 16.8. The van der Waals surface area contributed by atoms with Gasteiger partial charge in [0.1, 0.15) is 23.1 Å². The van der Waals surface area contributed by atoms with Crippen molar-refractivity contribution in [3.8, 4) is 28.8 Å². The molecular weight excluding hydrogens is 488 g/mol. The lowest BCUT2D eigenvalue weighted by molar-refractivity contribution is -0.117. The Bertz CT molecular complexity index is 1470. The van der Waals surface area contributed by atoms with E-state index in [4.69, 9.17) is 9.84 Å². The van der Waals surface area contributed by atoms with Crippen LogP contribution in [-0.2, 0) is 14.6 Å². The molecule has 2 aromatic carbocycles. The van der Waals surface area contributed by atoms with Crippen LogP contribution in [0.5, 0.6) is 5.75 Å². The highest BCUT2D eigenvalue weighted by Gasteiger charge is 2.29. The Morgan fingerprint density at radius 2 is 2.03 bits per heavy atom. The molecule has 0 spiro atoms. The Kier molecular flexibility index (Phi) is 7.79. The van der Waals surface area contributed by atoms with Crippen molar-refractivity contribution in [3.05, 3.63) is 71.4 Å². The molecule has 0 bridgehead atoms. The van der Waals surface area contributed by atoms with E-state index in [9.17, 15) is 18.5 Å². The summed E-state index contributed by atoms with van der Waals surface area (Å²) < 4.78 is 31.1. The number of hydrogen-bond donors (Lipinski definition) is 1. The lowest BCUT2D eigenvalue weighted by Gasteiger charge is -2.12. The second kappa shape index (κ2) is 11.0.